The van der Waals surface area contributed by atoms with Crippen molar-refractivity contribution in [3.63, 3.8) is 0 Å². The molecule has 0 aliphatic rings. The van der Waals surface area contributed by atoms with Gasteiger partial charge in [0, 0.05) is 13.2 Å². The highest BCUT2D eigenvalue weighted by Gasteiger charge is 2.21. The van der Waals surface area contributed by atoms with Gasteiger partial charge in [0.2, 0.25) is 5.82 Å². The summed E-state index contributed by atoms with van der Waals surface area (Å²) in [4.78, 5) is 21.0. The second-order valence-electron chi connectivity index (χ2n) is 4.77. The van der Waals surface area contributed by atoms with Crippen LogP contribution in [0.1, 0.15) is 24.2 Å². The number of benzene rings is 1. The maximum absolute atomic E-state index is 13.6. The first kappa shape index (κ1) is 17.0. The molecule has 0 unspecified atom stereocenters. The Kier molecular flexibility index (Phi) is 6.16. The molecule has 6 nitrogen and oxygen atoms in total. The van der Waals surface area contributed by atoms with E-state index in [1.54, 1.807) is 0 Å². The van der Waals surface area contributed by atoms with Crippen molar-refractivity contribution in [3.05, 3.63) is 39.4 Å². The van der Waals surface area contributed by atoms with Crippen LogP contribution >= 0.6 is 0 Å². The lowest BCUT2D eigenvalue weighted by molar-refractivity contribution is -0.387. The number of hydrogen-bond donors (Lipinski definition) is 1. The van der Waals surface area contributed by atoms with Crippen LogP contribution in [0.4, 0.5) is 14.5 Å². The van der Waals surface area contributed by atoms with Crippen LogP contribution in [0.5, 0.6) is 0 Å². The van der Waals surface area contributed by atoms with Crippen LogP contribution in [0.25, 0.3) is 0 Å². The molecule has 21 heavy (non-hydrogen) atoms. The molecule has 0 aliphatic heterocycles. The van der Waals surface area contributed by atoms with Crippen molar-refractivity contribution in [1.82, 2.24) is 5.32 Å². The average Bonchev–Trinajstić information content (AvgIpc) is 2.39. The minimum Gasteiger partial charge on any atom is -0.379 e. The smallest absolute Gasteiger partial charge is 0.307 e. The summed E-state index contributed by atoms with van der Waals surface area (Å²) in [6, 6.07) is 0.900. The van der Waals surface area contributed by atoms with Gasteiger partial charge in [0.25, 0.3) is 5.91 Å². The quantitative estimate of drug-likeness (QED) is 0.476. The molecular formula is C13H16F2N2O4. The first-order valence-corrected chi connectivity index (χ1v) is 6.32. The van der Waals surface area contributed by atoms with Crippen molar-refractivity contribution in [3.8, 4) is 0 Å². The monoisotopic (exact) mass is 302 g/mol. The van der Waals surface area contributed by atoms with Crippen LogP contribution < -0.4 is 5.32 Å². The maximum Gasteiger partial charge on any atom is 0.307 e. The van der Waals surface area contributed by atoms with Gasteiger partial charge in [-0.2, -0.15) is 4.39 Å². The van der Waals surface area contributed by atoms with Crippen molar-refractivity contribution in [2.45, 2.75) is 13.8 Å². The second-order valence-corrected chi connectivity index (χ2v) is 4.77. The number of nitro groups is 1. The van der Waals surface area contributed by atoms with Crippen LogP contribution in [0.2, 0.25) is 0 Å². The highest BCUT2D eigenvalue weighted by atomic mass is 19.1. The Morgan fingerprint density at radius 2 is 2.05 bits per heavy atom. The predicted molar refractivity (Wildman–Crippen MR) is 71.0 cm³/mol. The Morgan fingerprint density at radius 3 is 2.62 bits per heavy atom. The van der Waals surface area contributed by atoms with Crippen molar-refractivity contribution >= 4 is 11.6 Å². The van der Waals surface area contributed by atoms with Gasteiger partial charge in [-0.1, -0.05) is 13.8 Å². The molecule has 8 heteroatoms. The number of rotatable bonds is 7. The fourth-order valence-corrected chi connectivity index (χ4v) is 1.50. The molecule has 0 radical (unpaired) electrons. The number of carbonyl (C=O) groups excluding carboxylic acids is 1. The maximum atomic E-state index is 13.6. The Labute approximate surface area is 120 Å². The van der Waals surface area contributed by atoms with Gasteiger partial charge in [-0.25, -0.2) is 4.39 Å². The van der Waals surface area contributed by atoms with Gasteiger partial charge in [0.05, 0.1) is 23.2 Å². The Hall–Kier alpha value is -2.09. The highest BCUT2D eigenvalue weighted by molar-refractivity contribution is 5.94. The molecule has 0 bridgehead atoms. The molecule has 0 saturated carbocycles. The summed E-state index contributed by atoms with van der Waals surface area (Å²) < 4.78 is 32.1. The van der Waals surface area contributed by atoms with Crippen LogP contribution in [0.15, 0.2) is 12.1 Å². The number of hydrogen-bond acceptors (Lipinski definition) is 4. The van der Waals surface area contributed by atoms with Gasteiger partial charge < -0.3 is 10.1 Å². The van der Waals surface area contributed by atoms with E-state index in [2.05, 4.69) is 5.32 Å². The summed E-state index contributed by atoms with van der Waals surface area (Å²) in [6.45, 7) is 4.82. The Balaban J connectivity index is 2.62. The first-order chi connectivity index (χ1) is 9.82. The summed E-state index contributed by atoms with van der Waals surface area (Å²) in [6.07, 6.45) is 0. The summed E-state index contributed by atoms with van der Waals surface area (Å²) in [5.74, 6) is -2.91. The highest BCUT2D eigenvalue weighted by Crippen LogP contribution is 2.21. The molecule has 1 N–H and O–H groups in total. The third-order valence-electron chi connectivity index (χ3n) is 2.46. The molecule has 0 fully saturated rings. The van der Waals surface area contributed by atoms with E-state index in [1.807, 2.05) is 13.8 Å². The van der Waals surface area contributed by atoms with Crippen LogP contribution in [-0.2, 0) is 4.74 Å². The Morgan fingerprint density at radius 1 is 1.38 bits per heavy atom. The molecule has 0 spiro atoms. The lowest BCUT2D eigenvalue weighted by Gasteiger charge is -2.08. The molecular weight excluding hydrogens is 286 g/mol. The van der Waals surface area contributed by atoms with E-state index in [1.165, 1.54) is 0 Å². The lowest BCUT2D eigenvalue weighted by atomic mass is 10.1. The minimum atomic E-state index is -1.26. The van der Waals surface area contributed by atoms with Gasteiger partial charge in [-0.05, 0) is 12.0 Å². The van der Waals surface area contributed by atoms with E-state index in [9.17, 15) is 23.7 Å². The summed E-state index contributed by atoms with van der Waals surface area (Å²) >= 11 is 0. The van der Waals surface area contributed by atoms with Crippen LogP contribution in [0.3, 0.4) is 0 Å². The molecule has 0 heterocycles. The standard InChI is InChI=1S/C13H16F2N2O4/c1-8(2)7-21-4-3-16-13(18)9-5-11(15)12(17(19)20)6-10(9)14/h5-6,8H,3-4,7H2,1-2H3,(H,16,18). The number of amides is 1. The zero-order valence-corrected chi connectivity index (χ0v) is 11.7. The third-order valence-corrected chi connectivity index (χ3v) is 2.46. The fraction of sp³-hybridized carbons (Fsp3) is 0.462. The molecule has 1 aromatic rings. The number of nitro benzene ring substituents is 1. The lowest BCUT2D eigenvalue weighted by Crippen LogP contribution is -2.28. The van der Waals surface area contributed by atoms with Crippen molar-refractivity contribution in [1.29, 1.82) is 0 Å². The number of ether oxygens (including phenoxy) is 1. The second kappa shape index (κ2) is 7.63. The van der Waals surface area contributed by atoms with Gasteiger partial charge in [-0.15, -0.1) is 0 Å². The SMILES string of the molecule is CC(C)COCCNC(=O)c1cc(F)c([N+](=O)[O-])cc1F. The van der Waals surface area contributed by atoms with Crippen LogP contribution in [0, 0.1) is 27.7 Å². The third kappa shape index (κ3) is 5.07. The van der Waals surface area contributed by atoms with Crippen LogP contribution in [-0.4, -0.2) is 30.6 Å². The van der Waals surface area contributed by atoms with Gasteiger partial charge in [-0.3, -0.25) is 14.9 Å². The molecule has 1 aromatic carbocycles. The van der Waals surface area contributed by atoms with E-state index in [-0.39, 0.29) is 13.2 Å². The van der Waals surface area contributed by atoms with Gasteiger partial charge in [0.15, 0.2) is 0 Å². The van der Waals surface area contributed by atoms with E-state index >= 15 is 0 Å². The largest absolute Gasteiger partial charge is 0.379 e. The summed E-state index contributed by atoms with van der Waals surface area (Å²) in [5.41, 5.74) is -1.59. The van der Waals surface area contributed by atoms with Crippen molar-refractivity contribution in [2.24, 2.45) is 5.92 Å². The molecule has 0 aromatic heterocycles. The first-order valence-electron chi connectivity index (χ1n) is 6.32. The Bertz CT molecular complexity index is 535. The molecule has 1 rings (SSSR count). The molecule has 116 valence electrons. The number of halogens is 2. The fourth-order valence-electron chi connectivity index (χ4n) is 1.50. The van der Waals surface area contributed by atoms with E-state index in [4.69, 9.17) is 4.74 Å². The molecule has 1 amide bonds. The number of carbonyl (C=O) groups is 1. The average molecular weight is 302 g/mol. The number of nitrogens with one attached hydrogen (secondary N) is 1. The zero-order chi connectivity index (χ0) is 16.0. The number of nitrogens with zero attached hydrogens (tertiary/aromatic N) is 1. The normalized spacial score (nSPS) is 10.7. The topological polar surface area (TPSA) is 81.5 Å². The molecule has 0 atom stereocenters. The molecule has 0 saturated heterocycles. The van der Waals surface area contributed by atoms with E-state index < -0.39 is 33.7 Å². The van der Waals surface area contributed by atoms with Crippen molar-refractivity contribution < 1.29 is 23.2 Å². The van der Waals surface area contributed by atoms with E-state index in [0.717, 1.165) is 0 Å². The summed E-state index contributed by atoms with van der Waals surface area (Å²) in [7, 11) is 0. The summed E-state index contributed by atoms with van der Waals surface area (Å²) in [5, 5.41) is 12.8. The van der Waals surface area contributed by atoms with E-state index in [0.29, 0.717) is 24.7 Å². The molecule has 0 aliphatic carbocycles. The zero-order valence-electron chi connectivity index (χ0n) is 11.7. The van der Waals surface area contributed by atoms with Gasteiger partial charge in [0.1, 0.15) is 5.82 Å². The minimum absolute atomic E-state index is 0.129. The van der Waals surface area contributed by atoms with Gasteiger partial charge >= 0.3 is 5.69 Å². The van der Waals surface area contributed by atoms with Crippen molar-refractivity contribution in [2.75, 3.05) is 19.8 Å². The predicted octanol–water partition coefficient (Wildman–Crippen LogP) is 2.28.